The number of likely N-dealkylation sites (N-methyl/N-ethyl adjacent to an activating group) is 1. The van der Waals surface area contributed by atoms with Crippen molar-refractivity contribution in [2.24, 2.45) is 5.92 Å². The zero-order chi connectivity index (χ0) is 14.9. The van der Waals surface area contributed by atoms with Gasteiger partial charge in [-0.25, -0.2) is 8.42 Å². The van der Waals surface area contributed by atoms with E-state index in [1.807, 2.05) is 26.5 Å². The van der Waals surface area contributed by atoms with Crippen molar-refractivity contribution in [1.29, 1.82) is 0 Å². The normalized spacial score (nSPS) is 24.6. The van der Waals surface area contributed by atoms with Crippen LogP contribution in [0, 0.1) is 5.92 Å². The average Bonchev–Trinajstić information content (AvgIpc) is 2.96. The highest BCUT2D eigenvalue weighted by Crippen LogP contribution is 2.29. The molecular weight excluding hydrogens is 294 g/mol. The first-order valence-electron chi connectivity index (χ1n) is 6.75. The van der Waals surface area contributed by atoms with Gasteiger partial charge in [-0.05, 0) is 44.1 Å². The van der Waals surface area contributed by atoms with Crippen LogP contribution in [0.5, 0.6) is 0 Å². The molecule has 1 aliphatic heterocycles. The Balaban J connectivity index is 2.18. The summed E-state index contributed by atoms with van der Waals surface area (Å²) < 4.78 is 27.4. The van der Waals surface area contributed by atoms with Crippen molar-refractivity contribution in [1.82, 2.24) is 14.5 Å². The number of nitrogens with zero attached hydrogens (tertiary/aromatic N) is 2. The molecule has 2 unspecified atom stereocenters. The summed E-state index contributed by atoms with van der Waals surface area (Å²) in [6, 6.07) is 2.07. The second-order valence-corrected chi connectivity index (χ2v) is 8.71. The lowest BCUT2D eigenvalue weighted by Gasteiger charge is -2.22. The molecule has 0 aromatic carbocycles. The van der Waals surface area contributed by atoms with E-state index in [9.17, 15) is 8.42 Å². The van der Waals surface area contributed by atoms with E-state index in [1.54, 1.807) is 10.4 Å². The summed E-state index contributed by atoms with van der Waals surface area (Å²) in [6.07, 6.45) is 0. The van der Waals surface area contributed by atoms with Crippen LogP contribution in [-0.4, -0.2) is 57.9 Å². The van der Waals surface area contributed by atoms with Gasteiger partial charge in [0.05, 0.1) is 0 Å². The van der Waals surface area contributed by atoms with Gasteiger partial charge in [0.15, 0.2) is 0 Å². The van der Waals surface area contributed by atoms with Crippen LogP contribution < -0.4 is 5.32 Å². The van der Waals surface area contributed by atoms with Crippen LogP contribution in [0.2, 0.25) is 0 Å². The highest BCUT2D eigenvalue weighted by molar-refractivity contribution is 7.91. The maximum absolute atomic E-state index is 12.7. The smallest absolute Gasteiger partial charge is 0.252 e. The number of sulfonamides is 1. The lowest BCUT2D eigenvalue weighted by molar-refractivity contribution is 0.263. The van der Waals surface area contributed by atoms with Crippen LogP contribution in [0.25, 0.3) is 0 Å². The summed E-state index contributed by atoms with van der Waals surface area (Å²) in [5.41, 5.74) is 1.02. The van der Waals surface area contributed by atoms with Crippen molar-refractivity contribution < 1.29 is 8.42 Å². The molecule has 1 aliphatic rings. The molecule has 1 aromatic rings. The third-order valence-corrected chi connectivity index (χ3v) is 7.10. The second kappa shape index (κ2) is 6.11. The van der Waals surface area contributed by atoms with E-state index >= 15 is 0 Å². The summed E-state index contributed by atoms with van der Waals surface area (Å²) in [5, 5.41) is 4.95. The van der Waals surface area contributed by atoms with Crippen molar-refractivity contribution in [2.75, 3.05) is 34.2 Å². The number of nitrogens with one attached hydrogen (secondary N) is 1. The molecule has 0 radical (unpaired) electrons. The van der Waals surface area contributed by atoms with Crippen molar-refractivity contribution in [2.45, 2.75) is 23.7 Å². The molecule has 5 nitrogen and oxygen atoms in total. The Hall–Kier alpha value is -0.470. The quantitative estimate of drug-likeness (QED) is 0.881. The van der Waals surface area contributed by atoms with Crippen LogP contribution in [-0.2, 0) is 16.6 Å². The lowest BCUT2D eigenvalue weighted by Crippen LogP contribution is -2.35. The molecule has 1 fully saturated rings. The largest absolute Gasteiger partial charge is 0.316 e. The van der Waals surface area contributed by atoms with E-state index in [-0.39, 0.29) is 0 Å². The van der Waals surface area contributed by atoms with Gasteiger partial charge in [0.25, 0.3) is 10.0 Å². The fourth-order valence-electron chi connectivity index (χ4n) is 2.69. The lowest BCUT2D eigenvalue weighted by atomic mass is 10.1. The van der Waals surface area contributed by atoms with Crippen LogP contribution in [0.4, 0.5) is 0 Å². The summed E-state index contributed by atoms with van der Waals surface area (Å²) in [6.45, 7) is 3.99. The van der Waals surface area contributed by atoms with Gasteiger partial charge in [0.1, 0.15) is 4.21 Å². The molecule has 114 valence electrons. The first-order chi connectivity index (χ1) is 9.36. The Kier molecular flexibility index (Phi) is 4.86. The van der Waals surface area contributed by atoms with Crippen molar-refractivity contribution in [3.63, 3.8) is 0 Å². The Morgan fingerprint density at radius 3 is 2.70 bits per heavy atom. The van der Waals surface area contributed by atoms with Crippen LogP contribution in [0.15, 0.2) is 15.7 Å². The van der Waals surface area contributed by atoms with Gasteiger partial charge >= 0.3 is 0 Å². The predicted molar refractivity (Wildman–Crippen MR) is 82.5 cm³/mol. The second-order valence-electron chi connectivity index (χ2n) is 5.63. The van der Waals surface area contributed by atoms with Gasteiger partial charge in [0.2, 0.25) is 0 Å². The first kappa shape index (κ1) is 15.9. The Bertz CT molecular complexity index is 554. The molecule has 0 amide bonds. The van der Waals surface area contributed by atoms with E-state index in [0.29, 0.717) is 35.8 Å². The van der Waals surface area contributed by atoms with Crippen molar-refractivity contribution in [3.8, 4) is 0 Å². The molecule has 0 saturated carbocycles. The maximum Gasteiger partial charge on any atom is 0.252 e. The summed E-state index contributed by atoms with van der Waals surface area (Å²) in [4.78, 5) is 2.11. The zero-order valence-corrected chi connectivity index (χ0v) is 14.1. The fraction of sp³-hybridized carbons (Fsp3) is 0.692. The first-order valence-corrected chi connectivity index (χ1v) is 9.06. The minimum Gasteiger partial charge on any atom is -0.316 e. The van der Waals surface area contributed by atoms with E-state index in [2.05, 4.69) is 17.1 Å². The van der Waals surface area contributed by atoms with Gasteiger partial charge in [-0.2, -0.15) is 4.31 Å². The van der Waals surface area contributed by atoms with Gasteiger partial charge in [-0.1, -0.05) is 6.92 Å². The minimum absolute atomic E-state index is 0.293. The van der Waals surface area contributed by atoms with Crippen LogP contribution in [0.3, 0.4) is 0 Å². The molecule has 2 rings (SSSR count). The highest BCUT2D eigenvalue weighted by Gasteiger charge is 2.38. The molecule has 1 saturated heterocycles. The SMILES string of the molecule is CNCc1csc(S(=O)(=O)N2CC(C)C(N(C)C)C2)c1. The van der Waals surface area contributed by atoms with Crippen molar-refractivity contribution >= 4 is 21.4 Å². The average molecular weight is 317 g/mol. The highest BCUT2D eigenvalue weighted by atomic mass is 32.2. The number of hydrogen-bond donors (Lipinski definition) is 1. The zero-order valence-electron chi connectivity index (χ0n) is 12.5. The van der Waals surface area contributed by atoms with Gasteiger partial charge in [-0.3, -0.25) is 0 Å². The molecule has 1 N–H and O–H groups in total. The molecule has 2 atom stereocenters. The van der Waals surface area contributed by atoms with Gasteiger partial charge in [-0.15, -0.1) is 11.3 Å². The number of thiophene rings is 1. The molecule has 0 spiro atoms. The van der Waals surface area contributed by atoms with E-state index < -0.39 is 10.0 Å². The van der Waals surface area contributed by atoms with Gasteiger partial charge < -0.3 is 10.2 Å². The van der Waals surface area contributed by atoms with Gasteiger partial charge in [0, 0.05) is 25.7 Å². The fourth-order valence-corrected chi connectivity index (χ4v) is 5.61. The third kappa shape index (κ3) is 3.07. The summed E-state index contributed by atoms with van der Waals surface area (Å²) >= 11 is 1.31. The monoisotopic (exact) mass is 317 g/mol. The van der Waals surface area contributed by atoms with E-state index in [4.69, 9.17) is 0 Å². The Morgan fingerprint density at radius 2 is 2.15 bits per heavy atom. The van der Waals surface area contributed by atoms with Crippen LogP contribution in [0.1, 0.15) is 12.5 Å². The number of rotatable bonds is 5. The third-order valence-electron chi connectivity index (χ3n) is 3.81. The minimum atomic E-state index is -3.34. The topological polar surface area (TPSA) is 52.7 Å². The Morgan fingerprint density at radius 1 is 1.45 bits per heavy atom. The number of hydrogen-bond acceptors (Lipinski definition) is 5. The summed E-state index contributed by atoms with van der Waals surface area (Å²) in [5.74, 6) is 0.358. The molecule has 7 heteroatoms. The van der Waals surface area contributed by atoms with E-state index in [0.717, 1.165) is 5.56 Å². The molecule has 0 aliphatic carbocycles. The standard InChI is InChI=1S/C13H23N3O2S2/c1-10-7-16(8-12(10)15(3)4)20(17,18)13-5-11(6-14-2)9-19-13/h5,9-10,12,14H,6-8H2,1-4H3. The molecule has 1 aromatic heterocycles. The summed E-state index contributed by atoms with van der Waals surface area (Å²) in [7, 11) is 2.53. The molecular formula is C13H23N3O2S2. The molecule has 0 bridgehead atoms. The maximum atomic E-state index is 12.7. The molecule has 20 heavy (non-hydrogen) atoms. The molecule has 2 heterocycles. The van der Waals surface area contributed by atoms with Crippen molar-refractivity contribution in [3.05, 3.63) is 17.0 Å². The Labute approximate surface area is 125 Å². The van der Waals surface area contributed by atoms with Crippen LogP contribution >= 0.6 is 11.3 Å². The predicted octanol–water partition coefficient (Wildman–Crippen LogP) is 1.04. The van der Waals surface area contributed by atoms with E-state index in [1.165, 1.54) is 11.3 Å².